The van der Waals surface area contributed by atoms with E-state index >= 15 is 0 Å². The lowest BCUT2D eigenvalue weighted by molar-refractivity contribution is -0.140. The van der Waals surface area contributed by atoms with Gasteiger partial charge in [0.15, 0.2) is 0 Å². The number of nitrogens with one attached hydrogen (secondary N) is 2. The molecule has 2 aliphatic heterocycles. The Morgan fingerprint density at radius 3 is 2.53 bits per heavy atom. The number of halogens is 4. The average Bonchev–Trinajstić information content (AvgIpc) is 3.67. The fourth-order valence-corrected chi connectivity index (χ4v) is 5.01. The van der Waals surface area contributed by atoms with Crippen LogP contribution in [0.1, 0.15) is 42.4 Å². The number of likely N-dealkylation sites (tertiary alicyclic amines) is 1. The summed E-state index contributed by atoms with van der Waals surface area (Å²) in [6, 6.07) is 8.48. The van der Waals surface area contributed by atoms with Crippen LogP contribution in [0, 0.1) is 11.7 Å². The topological polar surface area (TPSA) is 64.7 Å². The average molecular weight is 505 g/mol. The molecular formula is C26H28F4N4O2. The second-order valence-electron chi connectivity index (χ2n) is 9.78. The molecule has 1 aliphatic carbocycles. The highest BCUT2D eigenvalue weighted by atomic mass is 19.4. The minimum absolute atomic E-state index is 0.0349. The van der Waals surface area contributed by atoms with Gasteiger partial charge in [-0.25, -0.2) is 9.18 Å². The summed E-state index contributed by atoms with van der Waals surface area (Å²) in [7, 11) is 0. The van der Waals surface area contributed by atoms with Gasteiger partial charge in [0.05, 0.1) is 11.5 Å². The Hall–Kier alpha value is -3.30. The van der Waals surface area contributed by atoms with E-state index in [1.807, 2.05) is 11.0 Å². The van der Waals surface area contributed by atoms with Crippen LogP contribution in [0.25, 0.3) is 0 Å². The maximum Gasteiger partial charge on any atom is 0.419 e. The van der Waals surface area contributed by atoms with Crippen molar-refractivity contribution in [3.05, 3.63) is 58.9 Å². The second-order valence-corrected chi connectivity index (χ2v) is 9.78. The lowest BCUT2D eigenvalue weighted by Gasteiger charge is -2.37. The van der Waals surface area contributed by atoms with Crippen LogP contribution in [0.5, 0.6) is 0 Å². The Morgan fingerprint density at radius 1 is 1.00 bits per heavy atom. The third kappa shape index (κ3) is 5.27. The molecule has 0 aromatic heterocycles. The fraction of sp³-hybridized carbons (Fsp3) is 0.462. The predicted molar refractivity (Wildman–Crippen MR) is 126 cm³/mol. The molecule has 3 amide bonds. The molecular weight excluding hydrogens is 476 g/mol. The summed E-state index contributed by atoms with van der Waals surface area (Å²) in [5.74, 6) is -1.53. The van der Waals surface area contributed by atoms with Crippen molar-refractivity contribution < 1.29 is 27.2 Å². The molecule has 6 nitrogen and oxygen atoms in total. The molecule has 2 fully saturated rings. The number of hydrogen-bond donors (Lipinski definition) is 2. The second kappa shape index (κ2) is 9.63. The van der Waals surface area contributed by atoms with Gasteiger partial charge in [-0.1, -0.05) is 12.1 Å². The van der Waals surface area contributed by atoms with Gasteiger partial charge in [-0.2, -0.15) is 13.2 Å². The molecule has 2 N–H and O–H groups in total. The van der Waals surface area contributed by atoms with Crippen molar-refractivity contribution in [2.75, 3.05) is 25.0 Å². The minimum Gasteiger partial charge on any atom is -0.355 e. The molecule has 0 bridgehead atoms. The minimum atomic E-state index is -4.75. The quantitative estimate of drug-likeness (QED) is 0.573. The molecule has 0 spiro atoms. The number of hydrogen-bond acceptors (Lipinski definition) is 3. The predicted octanol–water partition coefficient (Wildman–Crippen LogP) is 5.06. The summed E-state index contributed by atoms with van der Waals surface area (Å²) in [5.41, 5.74) is 1.49. The normalized spacial score (nSPS) is 20.1. The molecule has 2 aromatic carbocycles. The molecule has 36 heavy (non-hydrogen) atoms. The third-order valence-corrected chi connectivity index (χ3v) is 7.09. The van der Waals surface area contributed by atoms with Crippen LogP contribution in [0.15, 0.2) is 36.4 Å². The molecule has 5 rings (SSSR count). The Balaban J connectivity index is 1.25. The van der Waals surface area contributed by atoms with Crippen molar-refractivity contribution in [3.63, 3.8) is 0 Å². The zero-order valence-corrected chi connectivity index (χ0v) is 19.7. The van der Waals surface area contributed by atoms with E-state index < -0.39 is 17.6 Å². The van der Waals surface area contributed by atoms with Crippen LogP contribution in [-0.4, -0.2) is 47.4 Å². The number of fused-ring (bicyclic) bond motifs is 1. The number of amides is 3. The van der Waals surface area contributed by atoms with Gasteiger partial charge in [0, 0.05) is 43.6 Å². The van der Waals surface area contributed by atoms with Gasteiger partial charge in [0.25, 0.3) is 0 Å². The van der Waals surface area contributed by atoms with Crippen LogP contribution in [-0.2, 0) is 23.9 Å². The number of rotatable bonds is 4. The Bertz CT molecular complexity index is 1170. The summed E-state index contributed by atoms with van der Waals surface area (Å²) >= 11 is 0. The van der Waals surface area contributed by atoms with E-state index in [1.54, 1.807) is 17.0 Å². The number of carbonyl (C=O) groups is 2. The molecule has 192 valence electrons. The number of piperidine rings is 1. The van der Waals surface area contributed by atoms with E-state index in [1.165, 1.54) is 6.07 Å². The van der Waals surface area contributed by atoms with Gasteiger partial charge in [-0.15, -0.1) is 0 Å². The number of alkyl halides is 3. The van der Waals surface area contributed by atoms with E-state index in [0.29, 0.717) is 38.3 Å². The van der Waals surface area contributed by atoms with Gasteiger partial charge in [-0.05, 0) is 67.5 Å². The number of nitrogens with zero attached hydrogens (tertiary/aromatic N) is 2. The summed E-state index contributed by atoms with van der Waals surface area (Å²) in [6.07, 6.45) is -0.625. The van der Waals surface area contributed by atoms with Crippen molar-refractivity contribution in [2.24, 2.45) is 5.92 Å². The zero-order valence-electron chi connectivity index (χ0n) is 19.7. The first kappa shape index (κ1) is 24.4. The molecule has 1 atom stereocenters. The summed E-state index contributed by atoms with van der Waals surface area (Å²) in [6.45, 7) is 1.99. The monoisotopic (exact) mass is 504 g/mol. The van der Waals surface area contributed by atoms with E-state index in [0.717, 1.165) is 48.9 Å². The van der Waals surface area contributed by atoms with Gasteiger partial charge in [-0.3, -0.25) is 4.79 Å². The van der Waals surface area contributed by atoms with E-state index in [9.17, 15) is 27.2 Å². The van der Waals surface area contributed by atoms with Gasteiger partial charge < -0.3 is 20.4 Å². The van der Waals surface area contributed by atoms with Gasteiger partial charge >= 0.3 is 12.2 Å². The first-order valence-corrected chi connectivity index (χ1v) is 12.3. The van der Waals surface area contributed by atoms with Gasteiger partial charge in [0.1, 0.15) is 5.82 Å². The molecule has 0 radical (unpaired) electrons. The number of urea groups is 1. The zero-order chi connectivity index (χ0) is 25.4. The van der Waals surface area contributed by atoms with Crippen LogP contribution >= 0.6 is 0 Å². The van der Waals surface area contributed by atoms with Crippen LogP contribution < -0.4 is 10.6 Å². The first-order valence-electron chi connectivity index (χ1n) is 12.3. The van der Waals surface area contributed by atoms with E-state index in [-0.39, 0.29) is 29.6 Å². The Kier molecular flexibility index (Phi) is 6.53. The van der Waals surface area contributed by atoms with Crippen LogP contribution in [0.3, 0.4) is 0 Å². The van der Waals surface area contributed by atoms with Crippen LogP contribution in [0.4, 0.5) is 33.7 Å². The standard InChI is InChI=1S/C26H28F4N4O2/c27-22-13-19(8-9-21(22)26(28,29)30)31-23-5-1-3-16-14-33(12-10-20(16)23)24(35)17-4-2-11-34(15-17)25(36)32-18-6-7-18/h1,3,5,8-9,13,17-18,31H,2,4,6-7,10-12,14-15H2,(H,32,36). The van der Waals surface area contributed by atoms with Crippen molar-refractivity contribution in [2.45, 2.75) is 50.9 Å². The largest absolute Gasteiger partial charge is 0.419 e. The number of anilines is 2. The highest BCUT2D eigenvalue weighted by molar-refractivity contribution is 5.81. The van der Waals surface area contributed by atoms with E-state index in [2.05, 4.69) is 10.6 Å². The smallest absolute Gasteiger partial charge is 0.355 e. The summed E-state index contributed by atoms with van der Waals surface area (Å²) < 4.78 is 52.6. The lowest BCUT2D eigenvalue weighted by atomic mass is 9.93. The first-order chi connectivity index (χ1) is 17.2. The Labute approximate surface area is 206 Å². The molecule has 1 unspecified atom stereocenters. The maximum absolute atomic E-state index is 14.0. The van der Waals surface area contributed by atoms with Crippen molar-refractivity contribution in [1.29, 1.82) is 0 Å². The molecule has 2 heterocycles. The highest BCUT2D eigenvalue weighted by Gasteiger charge is 2.35. The SMILES string of the molecule is O=C(NC1CC1)N1CCCC(C(=O)N2CCc3c(cccc3Nc3ccc(C(F)(F)F)c(F)c3)C2)C1. The van der Waals surface area contributed by atoms with Crippen molar-refractivity contribution in [3.8, 4) is 0 Å². The lowest BCUT2D eigenvalue weighted by Crippen LogP contribution is -2.50. The molecule has 1 saturated heterocycles. The van der Waals surface area contributed by atoms with Gasteiger partial charge in [0.2, 0.25) is 5.91 Å². The third-order valence-electron chi connectivity index (χ3n) is 7.09. The number of benzene rings is 2. The molecule has 3 aliphatic rings. The Morgan fingerprint density at radius 2 is 1.81 bits per heavy atom. The fourth-order valence-electron chi connectivity index (χ4n) is 5.01. The summed E-state index contributed by atoms with van der Waals surface area (Å²) in [4.78, 5) is 29.3. The molecule has 10 heteroatoms. The van der Waals surface area contributed by atoms with Crippen molar-refractivity contribution in [1.82, 2.24) is 15.1 Å². The summed E-state index contributed by atoms with van der Waals surface area (Å²) in [5, 5.41) is 6.03. The molecule has 2 aromatic rings. The van der Waals surface area contributed by atoms with E-state index in [4.69, 9.17) is 0 Å². The molecule has 1 saturated carbocycles. The maximum atomic E-state index is 14.0. The van der Waals surface area contributed by atoms with Crippen LogP contribution in [0.2, 0.25) is 0 Å². The number of carbonyl (C=O) groups excluding carboxylic acids is 2. The highest BCUT2D eigenvalue weighted by Crippen LogP contribution is 2.34. The van der Waals surface area contributed by atoms with Crippen molar-refractivity contribution >= 4 is 23.3 Å².